The zero-order chi connectivity index (χ0) is 14.4. The summed E-state index contributed by atoms with van der Waals surface area (Å²) in [6, 6.07) is 0. The van der Waals surface area contributed by atoms with Gasteiger partial charge in [-0.15, -0.1) is 0 Å². The van der Waals surface area contributed by atoms with E-state index in [1.807, 2.05) is 0 Å². The largest absolute Gasteiger partial charge is 0.390 e. The van der Waals surface area contributed by atoms with Crippen molar-refractivity contribution < 1.29 is 5.11 Å². The number of β-amino-alcohol motifs (C(OH)–C–C–N with tert-alkyl or cyclic N) is 1. The average Bonchev–Trinajstić information content (AvgIpc) is 2.72. The number of thioether (sulfide) groups is 2. The Balaban J connectivity index is 1.70. The molecule has 0 spiro atoms. The Hall–Kier alpha value is 0.580. The van der Waals surface area contributed by atoms with E-state index in [-0.39, 0.29) is 6.10 Å². The monoisotopic (exact) mass is 318 g/mol. The molecule has 0 aromatic carbocycles. The van der Waals surface area contributed by atoms with Crippen molar-refractivity contribution in [3.63, 3.8) is 0 Å². The first-order chi connectivity index (χ1) is 9.63. The standard InChI is InChI=1S/C15H30N2OS2/c1-13-3-5-16(7-9-19-13)11-15(18)12-17-6-4-14(2)20-10-8-17/h13-15,18H,3-12H2,1-2H3. The molecule has 2 rings (SSSR count). The summed E-state index contributed by atoms with van der Waals surface area (Å²) in [5.41, 5.74) is 0. The van der Waals surface area contributed by atoms with E-state index in [4.69, 9.17) is 0 Å². The van der Waals surface area contributed by atoms with Crippen LogP contribution >= 0.6 is 23.5 Å². The lowest BCUT2D eigenvalue weighted by Crippen LogP contribution is -2.41. The number of hydrogen-bond acceptors (Lipinski definition) is 5. The predicted octanol–water partition coefficient (Wildman–Crippen LogP) is 2.00. The Morgan fingerprint density at radius 3 is 1.80 bits per heavy atom. The maximum atomic E-state index is 10.4. The van der Waals surface area contributed by atoms with Crippen LogP contribution in [0.25, 0.3) is 0 Å². The van der Waals surface area contributed by atoms with Crippen molar-refractivity contribution in [1.82, 2.24) is 9.80 Å². The van der Waals surface area contributed by atoms with Gasteiger partial charge in [-0.1, -0.05) is 13.8 Å². The zero-order valence-corrected chi connectivity index (χ0v) is 14.6. The second kappa shape index (κ2) is 8.89. The number of aliphatic hydroxyl groups is 1. The molecule has 118 valence electrons. The molecule has 0 aromatic heterocycles. The first-order valence-electron chi connectivity index (χ1n) is 7.99. The Morgan fingerprint density at radius 2 is 1.35 bits per heavy atom. The van der Waals surface area contributed by atoms with E-state index in [0.717, 1.165) is 49.8 Å². The van der Waals surface area contributed by atoms with Gasteiger partial charge in [0.1, 0.15) is 0 Å². The molecule has 0 radical (unpaired) electrons. The van der Waals surface area contributed by atoms with Gasteiger partial charge in [0.05, 0.1) is 6.10 Å². The molecule has 2 saturated heterocycles. The van der Waals surface area contributed by atoms with Gasteiger partial charge in [-0.25, -0.2) is 0 Å². The molecule has 0 amide bonds. The molecule has 2 fully saturated rings. The Kier molecular flexibility index (Phi) is 7.53. The molecule has 3 nitrogen and oxygen atoms in total. The first-order valence-corrected chi connectivity index (χ1v) is 10.1. The fourth-order valence-corrected chi connectivity index (χ4v) is 4.98. The minimum Gasteiger partial charge on any atom is -0.390 e. The van der Waals surface area contributed by atoms with E-state index in [1.54, 1.807) is 0 Å². The van der Waals surface area contributed by atoms with Gasteiger partial charge in [0.2, 0.25) is 0 Å². The molecule has 20 heavy (non-hydrogen) atoms. The van der Waals surface area contributed by atoms with Gasteiger partial charge in [-0.3, -0.25) is 9.80 Å². The lowest BCUT2D eigenvalue weighted by Gasteiger charge is -2.27. The van der Waals surface area contributed by atoms with Crippen LogP contribution in [0.2, 0.25) is 0 Å². The topological polar surface area (TPSA) is 26.7 Å². The fraction of sp³-hybridized carbons (Fsp3) is 1.00. The van der Waals surface area contributed by atoms with Crippen molar-refractivity contribution in [2.75, 3.05) is 50.8 Å². The molecular formula is C15H30N2OS2. The summed E-state index contributed by atoms with van der Waals surface area (Å²) >= 11 is 4.14. The minimum absolute atomic E-state index is 0.188. The second-order valence-corrected chi connectivity index (χ2v) is 9.29. The van der Waals surface area contributed by atoms with Gasteiger partial charge in [0, 0.05) is 48.2 Å². The van der Waals surface area contributed by atoms with Crippen LogP contribution in [0.4, 0.5) is 0 Å². The molecule has 0 aliphatic carbocycles. The summed E-state index contributed by atoms with van der Waals surface area (Å²) < 4.78 is 0. The maximum absolute atomic E-state index is 10.4. The minimum atomic E-state index is -0.188. The van der Waals surface area contributed by atoms with Crippen LogP contribution in [0, 0.1) is 0 Å². The summed E-state index contributed by atoms with van der Waals surface area (Å²) in [7, 11) is 0. The van der Waals surface area contributed by atoms with Crippen LogP contribution in [-0.4, -0.2) is 82.3 Å². The SMILES string of the molecule is CC1CCN(CC(O)CN2CCSC(C)CC2)CCS1. The van der Waals surface area contributed by atoms with Crippen LogP contribution in [0.15, 0.2) is 0 Å². The van der Waals surface area contributed by atoms with Crippen LogP contribution < -0.4 is 0 Å². The smallest absolute Gasteiger partial charge is 0.0793 e. The summed E-state index contributed by atoms with van der Waals surface area (Å²) in [6.07, 6.45) is 2.33. The van der Waals surface area contributed by atoms with Gasteiger partial charge >= 0.3 is 0 Å². The number of rotatable bonds is 4. The highest BCUT2D eigenvalue weighted by Crippen LogP contribution is 2.20. The van der Waals surface area contributed by atoms with E-state index >= 15 is 0 Å². The van der Waals surface area contributed by atoms with E-state index < -0.39 is 0 Å². The summed E-state index contributed by atoms with van der Waals surface area (Å²) in [4.78, 5) is 4.91. The van der Waals surface area contributed by atoms with Crippen LogP contribution in [0.1, 0.15) is 26.7 Å². The Bertz CT molecular complexity index is 255. The quantitative estimate of drug-likeness (QED) is 0.855. The molecule has 0 aromatic rings. The fourth-order valence-electron chi connectivity index (χ4n) is 2.90. The van der Waals surface area contributed by atoms with E-state index in [0.29, 0.717) is 0 Å². The molecular weight excluding hydrogens is 288 g/mol. The van der Waals surface area contributed by atoms with Crippen LogP contribution in [-0.2, 0) is 0 Å². The average molecular weight is 319 g/mol. The van der Waals surface area contributed by atoms with E-state index in [9.17, 15) is 5.11 Å². The Labute approximate surface area is 132 Å². The molecule has 2 aliphatic heterocycles. The molecule has 2 unspecified atom stereocenters. The van der Waals surface area contributed by atoms with E-state index in [2.05, 4.69) is 47.2 Å². The summed E-state index contributed by atoms with van der Waals surface area (Å²) in [5.74, 6) is 2.43. The molecule has 1 N–H and O–H groups in total. The first kappa shape index (κ1) is 16.9. The number of hydrogen-bond donors (Lipinski definition) is 1. The van der Waals surface area contributed by atoms with Gasteiger partial charge in [-0.2, -0.15) is 23.5 Å². The van der Waals surface area contributed by atoms with Crippen molar-refractivity contribution in [1.29, 1.82) is 0 Å². The predicted molar refractivity (Wildman–Crippen MR) is 92.0 cm³/mol. The third-order valence-electron chi connectivity index (χ3n) is 4.26. The number of nitrogens with zero attached hydrogens (tertiary/aromatic N) is 2. The van der Waals surface area contributed by atoms with Crippen molar-refractivity contribution >= 4 is 23.5 Å². The molecule has 2 aliphatic rings. The highest BCUT2D eigenvalue weighted by atomic mass is 32.2. The van der Waals surface area contributed by atoms with Crippen LogP contribution in [0.5, 0.6) is 0 Å². The molecule has 5 heteroatoms. The highest BCUT2D eigenvalue weighted by Gasteiger charge is 2.20. The maximum Gasteiger partial charge on any atom is 0.0793 e. The van der Waals surface area contributed by atoms with Gasteiger partial charge in [0.25, 0.3) is 0 Å². The van der Waals surface area contributed by atoms with Crippen molar-refractivity contribution in [3.8, 4) is 0 Å². The molecule has 0 bridgehead atoms. The lowest BCUT2D eigenvalue weighted by molar-refractivity contribution is 0.0782. The molecule has 2 heterocycles. The van der Waals surface area contributed by atoms with Crippen LogP contribution in [0.3, 0.4) is 0 Å². The second-order valence-electron chi connectivity index (χ2n) is 6.20. The summed E-state index contributed by atoms with van der Waals surface area (Å²) in [5, 5.41) is 11.9. The number of aliphatic hydroxyl groups excluding tert-OH is 1. The third-order valence-corrected chi connectivity index (χ3v) is 6.71. The molecule has 0 saturated carbocycles. The van der Waals surface area contributed by atoms with Crippen molar-refractivity contribution in [3.05, 3.63) is 0 Å². The van der Waals surface area contributed by atoms with Gasteiger partial charge in [0.15, 0.2) is 0 Å². The Morgan fingerprint density at radius 1 is 0.900 bits per heavy atom. The lowest BCUT2D eigenvalue weighted by atomic mass is 10.2. The van der Waals surface area contributed by atoms with Gasteiger partial charge in [-0.05, 0) is 25.9 Å². The van der Waals surface area contributed by atoms with Crippen molar-refractivity contribution in [2.24, 2.45) is 0 Å². The van der Waals surface area contributed by atoms with E-state index in [1.165, 1.54) is 24.3 Å². The zero-order valence-electron chi connectivity index (χ0n) is 13.0. The molecule has 2 atom stereocenters. The van der Waals surface area contributed by atoms with Gasteiger partial charge < -0.3 is 5.11 Å². The highest BCUT2D eigenvalue weighted by molar-refractivity contribution is 8.00. The summed E-state index contributed by atoms with van der Waals surface area (Å²) in [6.45, 7) is 10.9. The third kappa shape index (κ3) is 6.14. The van der Waals surface area contributed by atoms with Crippen molar-refractivity contribution in [2.45, 2.75) is 43.3 Å². The normalized spacial score (nSPS) is 32.5.